The largest absolute Gasteiger partial charge is 0.569 e. The molecule has 1 radical (unpaired) electrons. The Bertz CT molecular complexity index is 986. The minimum Gasteiger partial charge on any atom is -0.537 e. The molecule has 1 aromatic heterocycles. The molecule has 3 aromatic carbocycles. The second-order valence-corrected chi connectivity index (χ2v) is 5.76. The van der Waals surface area contributed by atoms with Gasteiger partial charge < -0.3 is 9.68 Å². The third-order valence-electron chi connectivity index (χ3n) is 4.01. The average molecular weight is 352 g/mol. The third kappa shape index (κ3) is 3.71. The van der Waals surface area contributed by atoms with Crippen LogP contribution in [0.15, 0.2) is 84.9 Å². The first-order chi connectivity index (χ1) is 13.3. The van der Waals surface area contributed by atoms with Gasteiger partial charge in [-0.15, -0.1) is 0 Å². The zero-order valence-electron chi connectivity index (χ0n) is 14.4. The average Bonchev–Trinajstić information content (AvgIpc) is 2.75. The van der Waals surface area contributed by atoms with Crippen LogP contribution in [0.4, 0.5) is 0 Å². The summed E-state index contributed by atoms with van der Waals surface area (Å²) >= 11 is 0. The molecule has 0 bridgehead atoms. The van der Waals surface area contributed by atoms with E-state index >= 15 is 0 Å². The number of hydrogen-bond donors (Lipinski definition) is 1. The van der Waals surface area contributed by atoms with Crippen LogP contribution in [0.2, 0.25) is 0 Å². The highest BCUT2D eigenvalue weighted by molar-refractivity contribution is 6.17. The molecule has 5 nitrogen and oxygen atoms in total. The number of hydrogen-bond acceptors (Lipinski definition) is 5. The summed E-state index contributed by atoms with van der Waals surface area (Å²) in [5.74, 6) is 2.08. The predicted molar refractivity (Wildman–Crippen MR) is 105 cm³/mol. The SMILES string of the molecule is O[B]Oc1ccccc1-c1nc(-c2ccccc2)nc(-c2ccccc2)n1. The maximum absolute atomic E-state index is 9.06. The highest BCUT2D eigenvalue weighted by Crippen LogP contribution is 2.30. The van der Waals surface area contributed by atoms with Gasteiger partial charge in [0.25, 0.3) is 0 Å². The van der Waals surface area contributed by atoms with Gasteiger partial charge in [0, 0.05) is 11.1 Å². The molecule has 0 aliphatic heterocycles. The minimum absolute atomic E-state index is 0.462. The molecule has 0 saturated heterocycles. The molecule has 0 unspecified atom stereocenters. The molecular formula is C21H15BN3O2. The molecule has 0 aliphatic carbocycles. The lowest BCUT2D eigenvalue weighted by Gasteiger charge is -2.11. The molecule has 1 heterocycles. The fourth-order valence-electron chi connectivity index (χ4n) is 2.74. The molecule has 4 rings (SSSR count). The normalized spacial score (nSPS) is 10.4. The number of rotatable bonds is 5. The molecule has 1 N–H and O–H groups in total. The first-order valence-electron chi connectivity index (χ1n) is 8.44. The molecule has 27 heavy (non-hydrogen) atoms. The first kappa shape index (κ1) is 16.9. The van der Waals surface area contributed by atoms with Crippen molar-refractivity contribution >= 4 is 7.69 Å². The molecule has 0 fully saturated rings. The first-order valence-corrected chi connectivity index (χ1v) is 8.44. The van der Waals surface area contributed by atoms with Crippen LogP contribution in [-0.2, 0) is 0 Å². The van der Waals surface area contributed by atoms with Crippen molar-refractivity contribution in [2.75, 3.05) is 0 Å². The van der Waals surface area contributed by atoms with E-state index in [2.05, 4.69) is 15.0 Å². The van der Waals surface area contributed by atoms with Gasteiger partial charge in [0.2, 0.25) is 0 Å². The number of nitrogens with zero attached hydrogens (tertiary/aromatic N) is 3. The zero-order chi connectivity index (χ0) is 18.5. The Morgan fingerprint density at radius 3 is 1.63 bits per heavy atom. The van der Waals surface area contributed by atoms with E-state index in [0.29, 0.717) is 36.5 Å². The minimum atomic E-state index is 0.462. The summed E-state index contributed by atoms with van der Waals surface area (Å²) in [5.41, 5.74) is 2.45. The maximum Gasteiger partial charge on any atom is 0.569 e. The molecule has 0 aliphatic rings. The van der Waals surface area contributed by atoms with Crippen LogP contribution >= 0.6 is 0 Å². The summed E-state index contributed by atoms with van der Waals surface area (Å²) in [7, 11) is 0.649. The van der Waals surface area contributed by atoms with Gasteiger partial charge in [-0.3, -0.25) is 0 Å². The molecular weight excluding hydrogens is 337 g/mol. The van der Waals surface area contributed by atoms with Crippen molar-refractivity contribution in [2.24, 2.45) is 0 Å². The van der Waals surface area contributed by atoms with Gasteiger partial charge in [-0.25, -0.2) is 15.0 Å². The smallest absolute Gasteiger partial charge is 0.537 e. The Kier molecular flexibility index (Phi) is 4.89. The quantitative estimate of drug-likeness (QED) is 0.554. The van der Waals surface area contributed by atoms with E-state index in [4.69, 9.17) is 9.68 Å². The summed E-state index contributed by atoms with van der Waals surface area (Å²) in [6, 6.07) is 26.8. The standard InChI is InChI=1S/C21H15BN3O2/c26-22-27-18-14-8-7-13-17(18)21-24-19(15-9-3-1-4-10-15)23-20(25-21)16-11-5-2-6-12-16/h1-14,26H. The Morgan fingerprint density at radius 2 is 1.07 bits per heavy atom. The number of aromatic nitrogens is 3. The second kappa shape index (κ2) is 7.80. The summed E-state index contributed by atoms with van der Waals surface area (Å²) < 4.78 is 5.21. The molecule has 0 atom stereocenters. The predicted octanol–water partition coefficient (Wildman–Crippen LogP) is 3.78. The Labute approximate surface area is 157 Å². The maximum atomic E-state index is 9.06. The summed E-state index contributed by atoms with van der Waals surface area (Å²) in [4.78, 5) is 13.9. The number of para-hydroxylation sites is 1. The van der Waals surface area contributed by atoms with Crippen LogP contribution in [0.1, 0.15) is 0 Å². The van der Waals surface area contributed by atoms with E-state index in [9.17, 15) is 0 Å². The van der Waals surface area contributed by atoms with Crippen molar-refractivity contribution in [3.63, 3.8) is 0 Å². The van der Waals surface area contributed by atoms with E-state index < -0.39 is 0 Å². The van der Waals surface area contributed by atoms with E-state index in [1.165, 1.54) is 0 Å². The fraction of sp³-hybridized carbons (Fsp3) is 0. The van der Waals surface area contributed by atoms with Gasteiger partial charge in [0.1, 0.15) is 5.75 Å². The Balaban J connectivity index is 1.92. The Morgan fingerprint density at radius 1 is 0.593 bits per heavy atom. The van der Waals surface area contributed by atoms with Crippen molar-refractivity contribution in [3.05, 3.63) is 84.9 Å². The van der Waals surface area contributed by atoms with Gasteiger partial charge in [-0.1, -0.05) is 72.8 Å². The molecule has 0 amide bonds. The van der Waals surface area contributed by atoms with E-state index in [1.807, 2.05) is 78.9 Å². The van der Waals surface area contributed by atoms with Gasteiger partial charge in [0.05, 0.1) is 5.56 Å². The van der Waals surface area contributed by atoms with Crippen LogP contribution in [-0.4, -0.2) is 27.7 Å². The van der Waals surface area contributed by atoms with E-state index in [1.54, 1.807) is 6.07 Å². The van der Waals surface area contributed by atoms with Crippen LogP contribution < -0.4 is 4.65 Å². The van der Waals surface area contributed by atoms with Crippen molar-refractivity contribution in [3.8, 4) is 39.9 Å². The molecule has 6 heteroatoms. The number of benzene rings is 3. The van der Waals surface area contributed by atoms with Gasteiger partial charge in [-0.2, -0.15) is 0 Å². The highest BCUT2D eigenvalue weighted by atomic mass is 16.5. The molecule has 0 saturated carbocycles. The van der Waals surface area contributed by atoms with E-state index in [0.717, 1.165) is 11.1 Å². The molecule has 0 spiro atoms. The van der Waals surface area contributed by atoms with Crippen molar-refractivity contribution in [1.82, 2.24) is 15.0 Å². The Hall–Kier alpha value is -3.51. The fourth-order valence-corrected chi connectivity index (χ4v) is 2.74. The summed E-state index contributed by atoms with van der Waals surface area (Å²) in [6.07, 6.45) is 0. The van der Waals surface area contributed by atoms with Crippen molar-refractivity contribution in [2.45, 2.75) is 0 Å². The van der Waals surface area contributed by atoms with Gasteiger partial charge in [0.15, 0.2) is 17.5 Å². The lowest BCUT2D eigenvalue weighted by Crippen LogP contribution is -2.04. The topological polar surface area (TPSA) is 68.1 Å². The van der Waals surface area contributed by atoms with Crippen LogP contribution in [0.3, 0.4) is 0 Å². The van der Waals surface area contributed by atoms with Gasteiger partial charge in [-0.05, 0) is 12.1 Å². The zero-order valence-corrected chi connectivity index (χ0v) is 14.4. The monoisotopic (exact) mass is 352 g/mol. The molecule has 4 aromatic rings. The molecule has 129 valence electrons. The summed E-state index contributed by atoms with van der Waals surface area (Å²) in [6.45, 7) is 0. The van der Waals surface area contributed by atoms with Crippen molar-refractivity contribution in [1.29, 1.82) is 0 Å². The second-order valence-electron chi connectivity index (χ2n) is 5.76. The van der Waals surface area contributed by atoms with Crippen molar-refractivity contribution < 1.29 is 9.68 Å². The lowest BCUT2D eigenvalue weighted by atomic mass is 10.1. The third-order valence-corrected chi connectivity index (χ3v) is 4.01. The lowest BCUT2D eigenvalue weighted by molar-refractivity contribution is 0.454. The van der Waals surface area contributed by atoms with Gasteiger partial charge >= 0.3 is 7.69 Å². The summed E-state index contributed by atoms with van der Waals surface area (Å²) in [5, 5.41) is 9.06. The van der Waals surface area contributed by atoms with E-state index in [-0.39, 0.29) is 0 Å². The van der Waals surface area contributed by atoms with Crippen LogP contribution in [0.25, 0.3) is 34.2 Å². The van der Waals surface area contributed by atoms with Crippen LogP contribution in [0.5, 0.6) is 5.75 Å². The highest BCUT2D eigenvalue weighted by Gasteiger charge is 2.15. The van der Waals surface area contributed by atoms with Crippen LogP contribution in [0, 0.1) is 0 Å².